The molecule has 0 atom stereocenters. The average Bonchev–Trinajstić information content (AvgIpc) is 2.61. The number of hydrogen-bond acceptors (Lipinski definition) is 5. The molecule has 6 heteroatoms. The summed E-state index contributed by atoms with van der Waals surface area (Å²) < 4.78 is 0. The summed E-state index contributed by atoms with van der Waals surface area (Å²) in [5.41, 5.74) is 2.49. The first kappa shape index (κ1) is 19.3. The molecule has 1 aliphatic rings. The van der Waals surface area contributed by atoms with Crippen LogP contribution >= 0.6 is 0 Å². The lowest BCUT2D eigenvalue weighted by Crippen LogP contribution is -2.45. The minimum absolute atomic E-state index is 0.0870. The standard InChI is InChI=1S/C21H29N5O/c1-15-22-18(14-19(23-15)26-12-10-25(5)11-13-26)20(27)24-17-8-6-16(7-9-17)21(2,3)4/h6-9,14H,10-13H2,1-5H3,(H,24,27). The number of hydrogen-bond donors (Lipinski definition) is 1. The number of piperazine rings is 1. The van der Waals surface area contributed by atoms with Crippen molar-refractivity contribution in [3.63, 3.8) is 0 Å². The van der Waals surface area contributed by atoms with Gasteiger partial charge in [0.05, 0.1) is 0 Å². The topological polar surface area (TPSA) is 61.4 Å². The molecule has 6 nitrogen and oxygen atoms in total. The number of aromatic nitrogens is 2. The van der Waals surface area contributed by atoms with E-state index < -0.39 is 0 Å². The second-order valence-electron chi connectivity index (χ2n) is 8.23. The van der Waals surface area contributed by atoms with Gasteiger partial charge >= 0.3 is 0 Å². The number of likely N-dealkylation sites (N-methyl/N-ethyl adjacent to an activating group) is 1. The third-order valence-electron chi connectivity index (χ3n) is 4.89. The van der Waals surface area contributed by atoms with E-state index in [-0.39, 0.29) is 11.3 Å². The van der Waals surface area contributed by atoms with Crippen LogP contribution in [0.15, 0.2) is 30.3 Å². The lowest BCUT2D eigenvalue weighted by molar-refractivity contribution is 0.102. The molecule has 0 bridgehead atoms. The maximum Gasteiger partial charge on any atom is 0.274 e. The van der Waals surface area contributed by atoms with Gasteiger partial charge in [0, 0.05) is 37.9 Å². The highest BCUT2D eigenvalue weighted by Crippen LogP contribution is 2.24. The van der Waals surface area contributed by atoms with Crippen molar-refractivity contribution in [2.75, 3.05) is 43.4 Å². The molecule has 27 heavy (non-hydrogen) atoms. The number of amides is 1. The summed E-state index contributed by atoms with van der Waals surface area (Å²) in [6.45, 7) is 12.1. The van der Waals surface area contributed by atoms with Crippen LogP contribution in [0.1, 0.15) is 42.6 Å². The van der Waals surface area contributed by atoms with E-state index in [1.54, 1.807) is 6.07 Å². The SMILES string of the molecule is Cc1nc(C(=O)Nc2ccc(C(C)(C)C)cc2)cc(N2CCN(C)CC2)n1. The fourth-order valence-electron chi connectivity index (χ4n) is 3.11. The van der Waals surface area contributed by atoms with Gasteiger partial charge in [-0.05, 0) is 37.1 Å². The van der Waals surface area contributed by atoms with E-state index in [0.717, 1.165) is 37.7 Å². The first-order chi connectivity index (χ1) is 12.7. The molecule has 0 saturated carbocycles. The lowest BCUT2D eigenvalue weighted by atomic mass is 9.87. The molecule has 1 saturated heterocycles. The number of nitrogens with one attached hydrogen (secondary N) is 1. The monoisotopic (exact) mass is 367 g/mol. The van der Waals surface area contributed by atoms with Crippen LogP contribution in [0.5, 0.6) is 0 Å². The van der Waals surface area contributed by atoms with Gasteiger partial charge in [-0.3, -0.25) is 4.79 Å². The first-order valence-electron chi connectivity index (χ1n) is 9.43. The molecule has 1 aliphatic heterocycles. The van der Waals surface area contributed by atoms with Crippen molar-refractivity contribution in [3.8, 4) is 0 Å². The van der Waals surface area contributed by atoms with Crippen molar-refractivity contribution < 1.29 is 4.79 Å². The van der Waals surface area contributed by atoms with Gasteiger partial charge in [-0.15, -0.1) is 0 Å². The van der Waals surface area contributed by atoms with E-state index in [1.165, 1.54) is 5.56 Å². The van der Waals surface area contributed by atoms with E-state index >= 15 is 0 Å². The molecular weight excluding hydrogens is 338 g/mol. The fourth-order valence-corrected chi connectivity index (χ4v) is 3.11. The molecule has 0 spiro atoms. The van der Waals surface area contributed by atoms with Crippen LogP contribution in [0.4, 0.5) is 11.5 Å². The molecule has 0 unspecified atom stereocenters. The fraction of sp³-hybridized carbons (Fsp3) is 0.476. The Kier molecular flexibility index (Phi) is 5.46. The molecule has 1 amide bonds. The van der Waals surface area contributed by atoms with E-state index in [1.807, 2.05) is 19.1 Å². The van der Waals surface area contributed by atoms with Crippen molar-refractivity contribution in [1.29, 1.82) is 0 Å². The Morgan fingerprint density at radius 3 is 2.26 bits per heavy atom. The minimum Gasteiger partial charge on any atom is -0.354 e. The highest BCUT2D eigenvalue weighted by molar-refractivity contribution is 6.03. The molecule has 0 radical (unpaired) electrons. The van der Waals surface area contributed by atoms with Gasteiger partial charge in [-0.1, -0.05) is 32.9 Å². The zero-order chi connectivity index (χ0) is 19.6. The summed E-state index contributed by atoms with van der Waals surface area (Å²) in [6.07, 6.45) is 0. The van der Waals surface area contributed by atoms with Crippen LogP contribution in [-0.4, -0.2) is 54.0 Å². The highest BCUT2D eigenvalue weighted by atomic mass is 16.1. The largest absolute Gasteiger partial charge is 0.354 e. The van der Waals surface area contributed by atoms with Crippen LogP contribution in [0.2, 0.25) is 0 Å². The maximum atomic E-state index is 12.7. The van der Waals surface area contributed by atoms with Crippen molar-refractivity contribution in [3.05, 3.63) is 47.4 Å². The summed E-state index contributed by atoms with van der Waals surface area (Å²) in [7, 11) is 2.12. The Labute approximate surface area is 161 Å². The number of rotatable bonds is 3. The molecule has 1 aromatic carbocycles. The smallest absolute Gasteiger partial charge is 0.274 e. The van der Waals surface area contributed by atoms with E-state index in [0.29, 0.717) is 11.5 Å². The average molecular weight is 367 g/mol. The van der Waals surface area contributed by atoms with Crippen LogP contribution in [0, 0.1) is 6.92 Å². The van der Waals surface area contributed by atoms with Crippen LogP contribution in [0.25, 0.3) is 0 Å². The molecule has 3 rings (SSSR count). The third-order valence-corrected chi connectivity index (χ3v) is 4.89. The van der Waals surface area contributed by atoms with Crippen molar-refractivity contribution in [1.82, 2.24) is 14.9 Å². The Hall–Kier alpha value is -2.47. The molecular formula is C21H29N5O. The molecule has 1 aromatic heterocycles. The molecule has 144 valence electrons. The second kappa shape index (κ2) is 7.64. The van der Waals surface area contributed by atoms with Gasteiger partial charge in [-0.2, -0.15) is 0 Å². The number of carbonyl (C=O) groups is 1. The lowest BCUT2D eigenvalue weighted by Gasteiger charge is -2.33. The second-order valence-corrected chi connectivity index (χ2v) is 8.23. The maximum absolute atomic E-state index is 12.7. The van der Waals surface area contributed by atoms with Crippen molar-refractivity contribution in [2.24, 2.45) is 0 Å². The summed E-state index contributed by atoms with van der Waals surface area (Å²) in [4.78, 5) is 26.1. The molecule has 2 aromatic rings. The number of carbonyl (C=O) groups excluding carboxylic acids is 1. The van der Waals surface area contributed by atoms with Crippen LogP contribution in [-0.2, 0) is 5.41 Å². The van der Waals surface area contributed by atoms with Crippen LogP contribution < -0.4 is 10.2 Å². The summed E-state index contributed by atoms with van der Waals surface area (Å²) in [5, 5.41) is 2.95. The predicted molar refractivity (Wildman–Crippen MR) is 110 cm³/mol. The Morgan fingerprint density at radius 1 is 1.04 bits per heavy atom. The zero-order valence-electron chi connectivity index (χ0n) is 16.9. The van der Waals surface area contributed by atoms with Crippen molar-refractivity contribution in [2.45, 2.75) is 33.1 Å². The van der Waals surface area contributed by atoms with Gasteiger partial charge < -0.3 is 15.1 Å². The molecule has 2 heterocycles. The number of aryl methyl sites for hydroxylation is 1. The first-order valence-corrected chi connectivity index (χ1v) is 9.43. The van der Waals surface area contributed by atoms with E-state index in [2.05, 4.69) is 65.0 Å². The number of benzene rings is 1. The Balaban J connectivity index is 1.74. The quantitative estimate of drug-likeness (QED) is 0.903. The summed E-state index contributed by atoms with van der Waals surface area (Å²) in [5.74, 6) is 1.22. The molecule has 1 fully saturated rings. The Bertz CT molecular complexity index is 802. The minimum atomic E-state index is -0.209. The van der Waals surface area contributed by atoms with Crippen LogP contribution in [0.3, 0.4) is 0 Å². The van der Waals surface area contributed by atoms with Gasteiger partial charge in [0.1, 0.15) is 17.3 Å². The Morgan fingerprint density at radius 2 is 1.67 bits per heavy atom. The normalized spacial score (nSPS) is 15.7. The van der Waals surface area contributed by atoms with E-state index in [9.17, 15) is 4.79 Å². The zero-order valence-corrected chi connectivity index (χ0v) is 16.9. The molecule has 0 aliphatic carbocycles. The van der Waals surface area contributed by atoms with Gasteiger partial charge in [0.2, 0.25) is 0 Å². The number of nitrogens with zero attached hydrogens (tertiary/aromatic N) is 4. The van der Waals surface area contributed by atoms with Gasteiger partial charge in [0.25, 0.3) is 5.91 Å². The van der Waals surface area contributed by atoms with Gasteiger partial charge in [0.15, 0.2) is 0 Å². The highest BCUT2D eigenvalue weighted by Gasteiger charge is 2.19. The summed E-state index contributed by atoms with van der Waals surface area (Å²) in [6, 6.07) is 9.77. The molecule has 1 N–H and O–H groups in total. The van der Waals surface area contributed by atoms with E-state index in [4.69, 9.17) is 0 Å². The third kappa shape index (κ3) is 4.83. The van der Waals surface area contributed by atoms with Gasteiger partial charge in [-0.25, -0.2) is 9.97 Å². The number of anilines is 2. The van der Waals surface area contributed by atoms with Crippen molar-refractivity contribution >= 4 is 17.4 Å². The summed E-state index contributed by atoms with van der Waals surface area (Å²) >= 11 is 0. The predicted octanol–water partition coefficient (Wildman–Crippen LogP) is 3.09.